The van der Waals surface area contributed by atoms with Crippen molar-refractivity contribution in [1.82, 2.24) is 19.9 Å². The lowest BCUT2D eigenvalue weighted by atomic mass is 10.1. The highest BCUT2D eigenvalue weighted by atomic mass is 32.1. The molecule has 0 saturated heterocycles. The molecule has 1 aromatic carbocycles. The summed E-state index contributed by atoms with van der Waals surface area (Å²) in [4.78, 5) is 17.3. The third-order valence-corrected chi connectivity index (χ3v) is 5.46. The van der Waals surface area contributed by atoms with Gasteiger partial charge in [0.05, 0.1) is 0 Å². The first-order valence-electron chi connectivity index (χ1n) is 8.23. The molecule has 0 amide bonds. The lowest BCUT2D eigenvalue weighted by molar-refractivity contribution is 0.244. The Morgan fingerprint density at radius 2 is 2.00 bits per heavy atom. The minimum Gasteiger partial charge on any atom is -0.293 e. The number of rotatable bonds is 3. The van der Waals surface area contributed by atoms with Gasteiger partial charge in [-0.3, -0.25) is 4.90 Å². The fourth-order valence-electron chi connectivity index (χ4n) is 3.15. The number of hydrogen-bond donors (Lipinski definition) is 0. The first kappa shape index (κ1) is 15.4. The lowest BCUT2D eigenvalue weighted by Crippen LogP contribution is -2.30. The molecule has 4 rings (SSSR count). The van der Waals surface area contributed by atoms with Crippen molar-refractivity contribution in [3.63, 3.8) is 0 Å². The van der Waals surface area contributed by atoms with Crippen LogP contribution >= 0.6 is 11.3 Å². The van der Waals surface area contributed by atoms with Crippen molar-refractivity contribution < 1.29 is 0 Å². The Hall–Kier alpha value is -2.11. The second-order valence-corrected chi connectivity index (χ2v) is 7.41. The molecule has 1 aliphatic heterocycles. The number of benzene rings is 1. The SMILES string of the molecule is Cc1ncc2c(n1)CCN(Cc1cnc(-c3ccccc3C)s1)C2. The summed E-state index contributed by atoms with van der Waals surface area (Å²) in [6, 6.07) is 8.43. The molecule has 0 unspecified atom stereocenters. The van der Waals surface area contributed by atoms with Crippen LogP contribution in [0.3, 0.4) is 0 Å². The van der Waals surface area contributed by atoms with E-state index in [0.29, 0.717) is 0 Å². The van der Waals surface area contributed by atoms with Crippen LogP contribution < -0.4 is 0 Å². The number of hydrogen-bond acceptors (Lipinski definition) is 5. The van der Waals surface area contributed by atoms with Gasteiger partial charge >= 0.3 is 0 Å². The molecule has 4 nitrogen and oxygen atoms in total. The molecule has 3 aromatic rings. The molecule has 0 spiro atoms. The van der Waals surface area contributed by atoms with Crippen molar-refractivity contribution in [2.24, 2.45) is 0 Å². The highest BCUT2D eigenvalue weighted by Crippen LogP contribution is 2.29. The van der Waals surface area contributed by atoms with Gasteiger partial charge in [0.1, 0.15) is 10.8 Å². The highest BCUT2D eigenvalue weighted by molar-refractivity contribution is 7.15. The molecular formula is C19H20N4S. The van der Waals surface area contributed by atoms with Crippen LogP contribution in [0.2, 0.25) is 0 Å². The molecule has 3 heterocycles. The third kappa shape index (κ3) is 3.09. The quantitative estimate of drug-likeness (QED) is 0.730. The Kier molecular flexibility index (Phi) is 4.12. The van der Waals surface area contributed by atoms with Gasteiger partial charge < -0.3 is 0 Å². The maximum absolute atomic E-state index is 4.64. The van der Waals surface area contributed by atoms with E-state index >= 15 is 0 Å². The largest absolute Gasteiger partial charge is 0.293 e. The minimum absolute atomic E-state index is 0.868. The summed E-state index contributed by atoms with van der Waals surface area (Å²) in [5.41, 5.74) is 4.98. The van der Waals surface area contributed by atoms with E-state index in [1.54, 1.807) is 11.3 Å². The van der Waals surface area contributed by atoms with E-state index in [9.17, 15) is 0 Å². The molecular weight excluding hydrogens is 316 g/mol. The van der Waals surface area contributed by atoms with Gasteiger partial charge in [0.25, 0.3) is 0 Å². The molecule has 0 fully saturated rings. The van der Waals surface area contributed by atoms with E-state index in [4.69, 9.17) is 0 Å². The second kappa shape index (κ2) is 6.42. The van der Waals surface area contributed by atoms with Crippen LogP contribution in [0.15, 0.2) is 36.7 Å². The van der Waals surface area contributed by atoms with E-state index in [0.717, 1.165) is 36.9 Å². The zero-order chi connectivity index (χ0) is 16.5. The molecule has 0 N–H and O–H groups in total. The fraction of sp³-hybridized carbons (Fsp3) is 0.316. The minimum atomic E-state index is 0.868. The number of fused-ring (bicyclic) bond motifs is 1. The van der Waals surface area contributed by atoms with Crippen LogP contribution in [0.4, 0.5) is 0 Å². The van der Waals surface area contributed by atoms with E-state index in [1.807, 2.05) is 19.3 Å². The Bertz CT molecular complexity index is 871. The number of nitrogens with zero attached hydrogens (tertiary/aromatic N) is 4. The Morgan fingerprint density at radius 3 is 2.88 bits per heavy atom. The van der Waals surface area contributed by atoms with Gasteiger partial charge in [-0.1, -0.05) is 24.3 Å². The standard InChI is InChI=1S/C19H20N4S/c1-13-5-3-4-6-17(13)19-21-10-16(24-19)12-23-8-7-18-15(11-23)9-20-14(2)22-18/h3-6,9-10H,7-8,11-12H2,1-2H3. The molecule has 0 aliphatic carbocycles. The average molecular weight is 336 g/mol. The summed E-state index contributed by atoms with van der Waals surface area (Å²) in [5.74, 6) is 0.868. The summed E-state index contributed by atoms with van der Waals surface area (Å²) in [6.45, 7) is 7.00. The second-order valence-electron chi connectivity index (χ2n) is 6.30. The predicted octanol–water partition coefficient (Wildman–Crippen LogP) is 3.78. The van der Waals surface area contributed by atoms with E-state index in [1.165, 1.54) is 27.3 Å². The van der Waals surface area contributed by atoms with Gasteiger partial charge in [-0.05, 0) is 19.4 Å². The molecule has 1 aliphatic rings. The Labute approximate surface area is 146 Å². The fourth-order valence-corrected chi connectivity index (χ4v) is 4.19. The number of aryl methyl sites for hydroxylation is 2. The van der Waals surface area contributed by atoms with Gasteiger partial charge in [0.15, 0.2) is 0 Å². The molecule has 0 saturated carbocycles. The zero-order valence-electron chi connectivity index (χ0n) is 14.0. The average Bonchev–Trinajstić information content (AvgIpc) is 3.04. The number of aromatic nitrogens is 3. The third-order valence-electron chi connectivity index (χ3n) is 4.44. The predicted molar refractivity (Wildman–Crippen MR) is 96.9 cm³/mol. The highest BCUT2D eigenvalue weighted by Gasteiger charge is 2.19. The summed E-state index contributed by atoms with van der Waals surface area (Å²) in [6.07, 6.45) is 5.00. The van der Waals surface area contributed by atoms with Crippen molar-refractivity contribution in [3.8, 4) is 10.6 Å². The summed E-state index contributed by atoms with van der Waals surface area (Å²) in [7, 11) is 0. The summed E-state index contributed by atoms with van der Waals surface area (Å²) in [5, 5.41) is 1.11. The van der Waals surface area contributed by atoms with Crippen molar-refractivity contribution >= 4 is 11.3 Å². The smallest absolute Gasteiger partial charge is 0.125 e. The van der Waals surface area contributed by atoms with E-state index in [-0.39, 0.29) is 0 Å². The Balaban J connectivity index is 1.49. The first-order chi connectivity index (χ1) is 11.7. The van der Waals surface area contributed by atoms with Crippen molar-refractivity contribution in [2.45, 2.75) is 33.4 Å². The first-order valence-corrected chi connectivity index (χ1v) is 9.05. The molecule has 5 heteroatoms. The Morgan fingerprint density at radius 1 is 1.12 bits per heavy atom. The molecule has 24 heavy (non-hydrogen) atoms. The van der Waals surface area contributed by atoms with Crippen molar-refractivity contribution in [2.75, 3.05) is 6.54 Å². The van der Waals surface area contributed by atoms with Crippen molar-refractivity contribution in [3.05, 3.63) is 64.2 Å². The van der Waals surface area contributed by atoms with Crippen molar-refractivity contribution in [1.29, 1.82) is 0 Å². The van der Waals surface area contributed by atoms with Crippen LogP contribution in [-0.4, -0.2) is 26.4 Å². The van der Waals surface area contributed by atoms with Crippen LogP contribution in [0.1, 0.15) is 27.5 Å². The molecule has 122 valence electrons. The van der Waals surface area contributed by atoms with Gasteiger partial charge in [-0.25, -0.2) is 15.0 Å². The normalized spacial score (nSPS) is 14.6. The van der Waals surface area contributed by atoms with Crippen LogP contribution in [-0.2, 0) is 19.5 Å². The molecule has 0 bridgehead atoms. The topological polar surface area (TPSA) is 41.9 Å². The zero-order valence-corrected chi connectivity index (χ0v) is 14.8. The number of thiazole rings is 1. The van der Waals surface area contributed by atoms with Crippen LogP contribution in [0, 0.1) is 13.8 Å². The van der Waals surface area contributed by atoms with Crippen LogP contribution in [0.25, 0.3) is 10.6 Å². The van der Waals surface area contributed by atoms with Gasteiger partial charge in [0.2, 0.25) is 0 Å². The maximum atomic E-state index is 4.64. The maximum Gasteiger partial charge on any atom is 0.125 e. The lowest BCUT2D eigenvalue weighted by Gasteiger charge is -2.27. The van der Waals surface area contributed by atoms with E-state index in [2.05, 4.69) is 51.0 Å². The summed E-state index contributed by atoms with van der Waals surface area (Å²) < 4.78 is 0. The monoisotopic (exact) mass is 336 g/mol. The van der Waals surface area contributed by atoms with Gasteiger partial charge in [-0.15, -0.1) is 11.3 Å². The van der Waals surface area contributed by atoms with Crippen LogP contribution in [0.5, 0.6) is 0 Å². The summed E-state index contributed by atoms with van der Waals surface area (Å²) >= 11 is 1.79. The molecule has 0 atom stereocenters. The van der Waals surface area contributed by atoms with Gasteiger partial charge in [-0.2, -0.15) is 0 Å². The molecule has 0 radical (unpaired) electrons. The van der Waals surface area contributed by atoms with E-state index < -0.39 is 0 Å². The van der Waals surface area contributed by atoms with Gasteiger partial charge in [0, 0.05) is 60.1 Å². The molecule has 2 aromatic heterocycles.